The van der Waals surface area contributed by atoms with Crippen molar-refractivity contribution in [2.75, 3.05) is 16.3 Å². The van der Waals surface area contributed by atoms with Crippen LogP contribution in [0.1, 0.15) is 18.0 Å². The van der Waals surface area contributed by atoms with Crippen molar-refractivity contribution in [3.8, 4) is 0 Å². The molecule has 1 aliphatic carbocycles. The molecule has 33 heavy (non-hydrogen) atoms. The van der Waals surface area contributed by atoms with Gasteiger partial charge in [-0.15, -0.1) is 0 Å². The van der Waals surface area contributed by atoms with E-state index in [1.54, 1.807) is 0 Å². The number of para-hydroxylation sites is 2. The molecule has 0 spiro atoms. The molecule has 4 heteroatoms. The van der Waals surface area contributed by atoms with Gasteiger partial charge >= 0.3 is 0 Å². The Kier molecular flexibility index (Phi) is 4.87. The number of imide groups is 1. The Balaban J connectivity index is 1.35. The summed E-state index contributed by atoms with van der Waals surface area (Å²) in [4.78, 5) is 30.8. The maximum atomic E-state index is 13.7. The SMILES string of the molecule is O=C1[C@@H]2[C@H]([C@H]3CN(c4ccccc4)[C@@H]3c3ccccc3)C=CC[C@@H]2C(=O)N1c1ccccc1. The fourth-order valence-electron chi connectivity index (χ4n) is 6.00. The van der Waals surface area contributed by atoms with Crippen molar-refractivity contribution in [2.24, 2.45) is 23.7 Å². The molecule has 2 fully saturated rings. The van der Waals surface area contributed by atoms with Crippen molar-refractivity contribution >= 4 is 23.2 Å². The van der Waals surface area contributed by atoms with Crippen molar-refractivity contribution in [3.63, 3.8) is 0 Å². The van der Waals surface area contributed by atoms with Gasteiger partial charge in [-0.05, 0) is 42.2 Å². The van der Waals surface area contributed by atoms with Gasteiger partial charge in [0.05, 0.1) is 23.6 Å². The monoisotopic (exact) mass is 434 g/mol. The second kappa shape index (κ2) is 8.04. The van der Waals surface area contributed by atoms with E-state index in [-0.39, 0.29) is 41.5 Å². The van der Waals surface area contributed by atoms with Gasteiger partial charge in [-0.2, -0.15) is 0 Å². The zero-order chi connectivity index (χ0) is 22.4. The number of nitrogens with zero attached hydrogens (tertiary/aromatic N) is 2. The number of rotatable bonds is 4. The van der Waals surface area contributed by atoms with E-state index >= 15 is 0 Å². The highest BCUT2D eigenvalue weighted by Crippen LogP contribution is 2.52. The molecule has 3 aromatic carbocycles. The molecule has 0 aromatic heterocycles. The largest absolute Gasteiger partial charge is 0.364 e. The predicted octanol–water partition coefficient (Wildman–Crippen LogP) is 5.25. The molecule has 2 heterocycles. The summed E-state index contributed by atoms with van der Waals surface area (Å²) < 4.78 is 0. The molecule has 2 aliphatic heterocycles. The minimum Gasteiger partial charge on any atom is -0.364 e. The maximum Gasteiger partial charge on any atom is 0.238 e. The fraction of sp³-hybridized carbons (Fsp3) is 0.241. The van der Waals surface area contributed by atoms with Gasteiger partial charge in [-0.3, -0.25) is 14.5 Å². The van der Waals surface area contributed by atoms with Gasteiger partial charge in [-0.1, -0.05) is 78.9 Å². The number of allylic oxidation sites excluding steroid dienone is 2. The number of anilines is 2. The summed E-state index contributed by atoms with van der Waals surface area (Å²) in [6.45, 7) is 0.870. The summed E-state index contributed by atoms with van der Waals surface area (Å²) >= 11 is 0. The van der Waals surface area contributed by atoms with E-state index < -0.39 is 0 Å². The Morgan fingerprint density at radius 3 is 1.97 bits per heavy atom. The normalized spacial score (nSPS) is 28.5. The Morgan fingerprint density at radius 1 is 0.697 bits per heavy atom. The first kappa shape index (κ1) is 20.0. The Hall–Kier alpha value is -3.66. The zero-order valence-electron chi connectivity index (χ0n) is 18.3. The van der Waals surface area contributed by atoms with Crippen LogP contribution in [0, 0.1) is 23.7 Å². The standard InChI is InChI=1S/C29H26N2O2/c32-28-24-18-10-17-23(26(24)29(33)31(28)22-15-8-3-9-16-22)25-19-30(21-13-6-2-7-14-21)27(25)20-11-4-1-5-12-20/h1-17,23-27H,18-19H2/t23-,24-,25+,26+,27+/m0/s1. The number of hydrogen-bond donors (Lipinski definition) is 0. The average molecular weight is 435 g/mol. The van der Waals surface area contributed by atoms with Crippen molar-refractivity contribution in [3.05, 3.63) is 109 Å². The minimum atomic E-state index is -0.295. The van der Waals surface area contributed by atoms with Crippen LogP contribution in [0.4, 0.5) is 11.4 Å². The van der Waals surface area contributed by atoms with Crippen molar-refractivity contribution < 1.29 is 9.59 Å². The van der Waals surface area contributed by atoms with E-state index in [1.165, 1.54) is 16.2 Å². The number of fused-ring (bicyclic) bond motifs is 1. The highest BCUT2D eigenvalue weighted by molar-refractivity contribution is 6.22. The summed E-state index contributed by atoms with van der Waals surface area (Å²) in [5, 5.41) is 0. The molecule has 164 valence electrons. The van der Waals surface area contributed by atoms with Gasteiger partial charge in [0.15, 0.2) is 0 Å². The lowest BCUT2D eigenvalue weighted by molar-refractivity contribution is -0.123. The van der Waals surface area contributed by atoms with Crippen LogP contribution < -0.4 is 9.80 Å². The molecule has 3 aliphatic rings. The van der Waals surface area contributed by atoms with Crippen LogP contribution in [0.25, 0.3) is 0 Å². The number of hydrogen-bond acceptors (Lipinski definition) is 3. The molecule has 3 aromatic rings. The molecular weight excluding hydrogens is 408 g/mol. The molecule has 6 rings (SSSR count). The van der Waals surface area contributed by atoms with Gasteiger partial charge in [0.2, 0.25) is 11.8 Å². The van der Waals surface area contributed by atoms with E-state index in [2.05, 4.69) is 65.6 Å². The lowest BCUT2D eigenvalue weighted by atomic mass is 9.65. The number of amides is 2. The van der Waals surface area contributed by atoms with Crippen LogP contribution in [-0.4, -0.2) is 18.4 Å². The molecule has 0 unspecified atom stereocenters. The van der Waals surface area contributed by atoms with Crippen LogP contribution in [0.15, 0.2) is 103 Å². The molecule has 0 radical (unpaired) electrons. The van der Waals surface area contributed by atoms with E-state index in [0.717, 1.165) is 6.54 Å². The predicted molar refractivity (Wildman–Crippen MR) is 130 cm³/mol. The van der Waals surface area contributed by atoms with Crippen LogP contribution in [0.2, 0.25) is 0 Å². The highest BCUT2D eigenvalue weighted by atomic mass is 16.2. The van der Waals surface area contributed by atoms with Crippen LogP contribution in [0.5, 0.6) is 0 Å². The molecule has 2 saturated heterocycles. The lowest BCUT2D eigenvalue weighted by Gasteiger charge is -2.54. The molecule has 0 N–H and O–H groups in total. The quantitative estimate of drug-likeness (QED) is 0.416. The second-order valence-electron chi connectivity index (χ2n) is 9.23. The number of benzene rings is 3. The van der Waals surface area contributed by atoms with E-state index in [0.29, 0.717) is 12.1 Å². The average Bonchev–Trinajstić information content (AvgIpc) is 3.11. The molecule has 0 saturated carbocycles. The molecular formula is C29H26N2O2. The Morgan fingerprint density at radius 2 is 1.30 bits per heavy atom. The van der Waals surface area contributed by atoms with Gasteiger partial charge in [-0.25, -0.2) is 0 Å². The maximum absolute atomic E-state index is 13.7. The third-order valence-electron chi connectivity index (χ3n) is 7.53. The van der Waals surface area contributed by atoms with Crippen molar-refractivity contribution in [1.29, 1.82) is 0 Å². The Bertz CT molecular complexity index is 1190. The zero-order valence-corrected chi connectivity index (χ0v) is 18.3. The van der Waals surface area contributed by atoms with Crippen LogP contribution in [-0.2, 0) is 9.59 Å². The summed E-state index contributed by atoms with van der Waals surface area (Å²) in [7, 11) is 0. The molecule has 4 nitrogen and oxygen atoms in total. The van der Waals surface area contributed by atoms with Crippen LogP contribution in [0.3, 0.4) is 0 Å². The number of carbonyl (C=O) groups excluding carboxylic acids is 2. The first-order valence-electron chi connectivity index (χ1n) is 11.7. The van der Waals surface area contributed by atoms with E-state index in [9.17, 15) is 9.59 Å². The topological polar surface area (TPSA) is 40.6 Å². The van der Waals surface area contributed by atoms with Crippen LogP contribution >= 0.6 is 0 Å². The van der Waals surface area contributed by atoms with Crippen molar-refractivity contribution in [1.82, 2.24) is 0 Å². The third-order valence-corrected chi connectivity index (χ3v) is 7.53. The first-order chi connectivity index (χ1) is 16.2. The summed E-state index contributed by atoms with van der Waals surface area (Å²) in [6.07, 6.45) is 4.97. The molecule has 2 amide bonds. The Labute approximate surface area is 194 Å². The van der Waals surface area contributed by atoms with Gasteiger partial charge in [0.25, 0.3) is 0 Å². The van der Waals surface area contributed by atoms with Crippen molar-refractivity contribution in [2.45, 2.75) is 12.5 Å². The highest BCUT2D eigenvalue weighted by Gasteiger charge is 2.56. The summed E-state index contributed by atoms with van der Waals surface area (Å²) in [5.41, 5.74) is 3.13. The van der Waals surface area contributed by atoms with Gasteiger partial charge in [0, 0.05) is 18.2 Å². The number of carbonyl (C=O) groups is 2. The van der Waals surface area contributed by atoms with Gasteiger partial charge < -0.3 is 4.90 Å². The summed E-state index contributed by atoms with van der Waals surface area (Å²) in [6, 6.07) is 30.5. The fourth-order valence-corrected chi connectivity index (χ4v) is 6.00. The minimum absolute atomic E-state index is 0.0408. The molecule has 0 bridgehead atoms. The molecule has 5 atom stereocenters. The van der Waals surface area contributed by atoms with Gasteiger partial charge in [0.1, 0.15) is 0 Å². The first-order valence-corrected chi connectivity index (χ1v) is 11.7. The smallest absolute Gasteiger partial charge is 0.238 e. The summed E-state index contributed by atoms with van der Waals surface area (Å²) in [5.74, 6) is -0.355. The second-order valence-corrected chi connectivity index (χ2v) is 9.23. The third kappa shape index (κ3) is 3.20. The lowest BCUT2D eigenvalue weighted by Crippen LogP contribution is -2.55. The van der Waals surface area contributed by atoms with E-state index in [4.69, 9.17) is 0 Å². The van der Waals surface area contributed by atoms with E-state index in [1.807, 2.05) is 42.5 Å².